The van der Waals surface area contributed by atoms with Crippen LogP contribution in [-0.4, -0.2) is 19.7 Å². The molecule has 0 aliphatic rings. The molecule has 0 unspecified atom stereocenters. The summed E-state index contributed by atoms with van der Waals surface area (Å²) in [6, 6.07) is 1.99. The van der Waals surface area contributed by atoms with Crippen molar-refractivity contribution in [2.75, 3.05) is 0 Å². The summed E-state index contributed by atoms with van der Waals surface area (Å²) in [6.45, 7) is 1.99. The van der Waals surface area contributed by atoms with Crippen molar-refractivity contribution in [1.29, 1.82) is 0 Å². The van der Waals surface area contributed by atoms with E-state index in [1.165, 1.54) is 6.33 Å². The zero-order valence-corrected chi connectivity index (χ0v) is 8.56. The van der Waals surface area contributed by atoms with E-state index in [0.29, 0.717) is 0 Å². The van der Waals surface area contributed by atoms with Crippen molar-refractivity contribution >= 4 is 15.9 Å². The van der Waals surface area contributed by atoms with Crippen molar-refractivity contribution < 1.29 is 0 Å². The van der Waals surface area contributed by atoms with Crippen molar-refractivity contribution in [2.24, 2.45) is 0 Å². The number of nitrogens with zero attached hydrogens (tertiary/aromatic N) is 4. The molecular formula is C8H7BrN4. The standard InChI is InChI=1S/C8H7BrN4/c1-6-2-7(9)8(11-3-6)13-5-10-4-12-13/h2-5H,1H3. The highest BCUT2D eigenvalue weighted by Crippen LogP contribution is 2.18. The van der Waals surface area contributed by atoms with Crippen LogP contribution in [0.4, 0.5) is 0 Å². The summed E-state index contributed by atoms with van der Waals surface area (Å²) in [5.41, 5.74) is 1.11. The molecule has 4 nitrogen and oxygen atoms in total. The Bertz CT molecular complexity index is 410. The van der Waals surface area contributed by atoms with E-state index in [1.54, 1.807) is 17.2 Å². The van der Waals surface area contributed by atoms with Crippen molar-refractivity contribution in [2.45, 2.75) is 6.92 Å². The Labute approximate surface area is 83.8 Å². The van der Waals surface area contributed by atoms with Gasteiger partial charge in [0, 0.05) is 6.20 Å². The zero-order valence-electron chi connectivity index (χ0n) is 6.98. The molecule has 0 bridgehead atoms. The normalized spacial score (nSPS) is 10.3. The Morgan fingerprint density at radius 3 is 2.92 bits per heavy atom. The summed E-state index contributed by atoms with van der Waals surface area (Å²) in [4.78, 5) is 8.09. The number of aromatic nitrogens is 4. The third-order valence-corrected chi connectivity index (χ3v) is 2.18. The molecule has 2 heterocycles. The molecule has 0 saturated carbocycles. The van der Waals surface area contributed by atoms with Crippen LogP contribution in [-0.2, 0) is 0 Å². The fourth-order valence-corrected chi connectivity index (χ4v) is 1.66. The van der Waals surface area contributed by atoms with Crippen LogP contribution in [0.25, 0.3) is 5.82 Å². The largest absolute Gasteiger partial charge is 0.236 e. The number of halogens is 1. The molecule has 0 amide bonds. The second kappa shape index (κ2) is 3.26. The molecular weight excluding hydrogens is 232 g/mol. The Morgan fingerprint density at radius 2 is 2.31 bits per heavy atom. The molecule has 2 aromatic heterocycles. The minimum absolute atomic E-state index is 0.753. The summed E-state index contributed by atoms with van der Waals surface area (Å²) in [6.07, 6.45) is 4.89. The van der Waals surface area contributed by atoms with Gasteiger partial charge in [0.15, 0.2) is 5.82 Å². The number of hydrogen-bond donors (Lipinski definition) is 0. The molecule has 0 atom stereocenters. The van der Waals surface area contributed by atoms with Crippen LogP contribution in [0.15, 0.2) is 29.4 Å². The Balaban J connectivity index is 2.53. The van der Waals surface area contributed by atoms with Gasteiger partial charge in [-0.3, -0.25) is 0 Å². The summed E-state index contributed by atoms with van der Waals surface area (Å²) < 4.78 is 2.53. The maximum absolute atomic E-state index is 4.23. The van der Waals surface area contributed by atoms with Gasteiger partial charge >= 0.3 is 0 Å². The van der Waals surface area contributed by atoms with E-state index < -0.39 is 0 Å². The lowest BCUT2D eigenvalue weighted by Gasteiger charge is -2.02. The molecule has 0 radical (unpaired) electrons. The molecule has 0 spiro atoms. The van der Waals surface area contributed by atoms with Crippen LogP contribution in [0.5, 0.6) is 0 Å². The van der Waals surface area contributed by atoms with Gasteiger partial charge in [0.2, 0.25) is 0 Å². The minimum atomic E-state index is 0.753. The topological polar surface area (TPSA) is 43.6 Å². The molecule has 0 aliphatic heterocycles. The van der Waals surface area contributed by atoms with E-state index in [4.69, 9.17) is 0 Å². The zero-order chi connectivity index (χ0) is 9.26. The Hall–Kier alpha value is -1.23. The van der Waals surface area contributed by atoms with Crippen LogP contribution < -0.4 is 0 Å². The van der Waals surface area contributed by atoms with Crippen molar-refractivity contribution in [3.8, 4) is 5.82 Å². The highest BCUT2D eigenvalue weighted by Gasteiger charge is 2.03. The average Bonchev–Trinajstić information content (AvgIpc) is 2.56. The molecule has 2 aromatic rings. The summed E-state index contributed by atoms with van der Waals surface area (Å²) in [5, 5.41) is 3.99. The highest BCUT2D eigenvalue weighted by atomic mass is 79.9. The smallest absolute Gasteiger partial charge is 0.169 e. The summed E-state index contributed by atoms with van der Waals surface area (Å²) >= 11 is 3.42. The minimum Gasteiger partial charge on any atom is -0.236 e. The van der Waals surface area contributed by atoms with E-state index in [9.17, 15) is 0 Å². The molecule has 0 fully saturated rings. The maximum Gasteiger partial charge on any atom is 0.169 e. The molecule has 0 saturated heterocycles. The van der Waals surface area contributed by atoms with Gasteiger partial charge in [0.1, 0.15) is 12.7 Å². The molecule has 0 aromatic carbocycles. The molecule has 0 N–H and O–H groups in total. The first-order valence-corrected chi connectivity index (χ1v) is 4.54. The summed E-state index contributed by atoms with van der Waals surface area (Å²) in [5.74, 6) is 0.753. The maximum atomic E-state index is 4.23. The molecule has 5 heteroatoms. The van der Waals surface area contributed by atoms with Crippen molar-refractivity contribution in [3.05, 3.63) is 35.0 Å². The number of rotatable bonds is 1. The van der Waals surface area contributed by atoms with Gasteiger partial charge in [0.05, 0.1) is 4.47 Å². The van der Waals surface area contributed by atoms with Gasteiger partial charge in [-0.1, -0.05) is 0 Å². The van der Waals surface area contributed by atoms with Crippen LogP contribution in [0.2, 0.25) is 0 Å². The fourth-order valence-electron chi connectivity index (χ4n) is 1.01. The van der Waals surface area contributed by atoms with Gasteiger partial charge < -0.3 is 0 Å². The van der Waals surface area contributed by atoms with E-state index in [0.717, 1.165) is 15.9 Å². The SMILES string of the molecule is Cc1cnc(-n2cncn2)c(Br)c1. The van der Waals surface area contributed by atoms with Gasteiger partial charge in [-0.2, -0.15) is 5.10 Å². The average molecular weight is 239 g/mol. The van der Waals surface area contributed by atoms with Gasteiger partial charge in [0.25, 0.3) is 0 Å². The third-order valence-electron chi connectivity index (χ3n) is 1.59. The molecule has 13 heavy (non-hydrogen) atoms. The predicted octanol–water partition coefficient (Wildman–Crippen LogP) is 1.73. The third kappa shape index (κ3) is 1.60. The summed E-state index contributed by atoms with van der Waals surface area (Å²) in [7, 11) is 0. The first-order valence-electron chi connectivity index (χ1n) is 3.74. The van der Waals surface area contributed by atoms with Gasteiger partial charge in [-0.05, 0) is 34.5 Å². The Morgan fingerprint density at radius 1 is 1.46 bits per heavy atom. The van der Waals surface area contributed by atoms with Crippen LogP contribution >= 0.6 is 15.9 Å². The quantitative estimate of drug-likeness (QED) is 0.761. The second-order valence-corrected chi connectivity index (χ2v) is 3.51. The number of hydrogen-bond acceptors (Lipinski definition) is 3. The number of aryl methyl sites for hydroxylation is 1. The molecule has 66 valence electrons. The second-order valence-electron chi connectivity index (χ2n) is 2.66. The van der Waals surface area contributed by atoms with Crippen LogP contribution in [0.3, 0.4) is 0 Å². The monoisotopic (exact) mass is 238 g/mol. The van der Waals surface area contributed by atoms with E-state index in [2.05, 4.69) is 31.0 Å². The lowest BCUT2D eigenvalue weighted by atomic mass is 10.3. The van der Waals surface area contributed by atoms with Gasteiger partial charge in [-0.25, -0.2) is 14.6 Å². The van der Waals surface area contributed by atoms with Crippen LogP contribution in [0.1, 0.15) is 5.56 Å². The predicted molar refractivity (Wildman–Crippen MR) is 51.6 cm³/mol. The first-order chi connectivity index (χ1) is 6.27. The van der Waals surface area contributed by atoms with Crippen molar-refractivity contribution in [3.63, 3.8) is 0 Å². The molecule has 2 rings (SSSR count). The lowest BCUT2D eigenvalue weighted by Crippen LogP contribution is -1.99. The highest BCUT2D eigenvalue weighted by molar-refractivity contribution is 9.10. The van der Waals surface area contributed by atoms with E-state index in [1.807, 2.05) is 13.0 Å². The lowest BCUT2D eigenvalue weighted by molar-refractivity contribution is 0.838. The van der Waals surface area contributed by atoms with Crippen LogP contribution in [0, 0.1) is 6.92 Å². The van der Waals surface area contributed by atoms with Crippen molar-refractivity contribution in [1.82, 2.24) is 19.7 Å². The van der Waals surface area contributed by atoms with E-state index in [-0.39, 0.29) is 0 Å². The number of pyridine rings is 1. The molecule has 0 aliphatic carbocycles. The first kappa shape index (κ1) is 8.37. The van der Waals surface area contributed by atoms with E-state index >= 15 is 0 Å². The Kier molecular flexibility index (Phi) is 2.10. The fraction of sp³-hybridized carbons (Fsp3) is 0.125. The van der Waals surface area contributed by atoms with Gasteiger partial charge in [-0.15, -0.1) is 0 Å².